The number of pyridine rings is 1. The normalized spacial score (nSPS) is 13.9. The molecule has 3 heterocycles. The summed E-state index contributed by atoms with van der Waals surface area (Å²) in [4.78, 5) is 29.3. The van der Waals surface area contributed by atoms with Crippen LogP contribution in [-0.4, -0.2) is 48.0 Å². The lowest BCUT2D eigenvalue weighted by Gasteiger charge is -2.21. The number of nitrogens with zero attached hydrogens (tertiary/aromatic N) is 5. The molecule has 7 nitrogen and oxygen atoms in total. The lowest BCUT2D eigenvalue weighted by molar-refractivity contribution is 0.102. The fourth-order valence-electron chi connectivity index (χ4n) is 2.56. The SMILES string of the molecule is CN(C)c1nc(N2CCCC2)ncc1NC(=O)c1ccncc1. The van der Waals surface area contributed by atoms with Crippen LogP contribution in [0.25, 0.3) is 0 Å². The first-order chi connectivity index (χ1) is 11.1. The van der Waals surface area contributed by atoms with Crippen molar-refractivity contribution in [3.05, 3.63) is 36.3 Å². The van der Waals surface area contributed by atoms with Crippen molar-refractivity contribution in [2.45, 2.75) is 12.8 Å². The first kappa shape index (κ1) is 15.2. The molecule has 23 heavy (non-hydrogen) atoms. The third kappa shape index (κ3) is 3.39. The number of nitrogens with one attached hydrogen (secondary N) is 1. The second kappa shape index (κ2) is 6.60. The van der Waals surface area contributed by atoms with Crippen molar-refractivity contribution >= 4 is 23.4 Å². The van der Waals surface area contributed by atoms with Gasteiger partial charge in [0.05, 0.1) is 6.20 Å². The molecule has 0 spiro atoms. The van der Waals surface area contributed by atoms with Crippen LogP contribution in [0.5, 0.6) is 0 Å². The van der Waals surface area contributed by atoms with E-state index in [1.54, 1.807) is 30.7 Å². The maximum atomic E-state index is 12.3. The van der Waals surface area contributed by atoms with Gasteiger partial charge >= 0.3 is 0 Å². The molecule has 1 saturated heterocycles. The quantitative estimate of drug-likeness (QED) is 0.928. The minimum absolute atomic E-state index is 0.201. The van der Waals surface area contributed by atoms with Crippen LogP contribution in [-0.2, 0) is 0 Å². The Bertz CT molecular complexity index is 682. The number of anilines is 3. The van der Waals surface area contributed by atoms with Gasteiger partial charge in [-0.2, -0.15) is 4.98 Å². The molecule has 1 aliphatic heterocycles. The molecule has 0 saturated carbocycles. The average molecular weight is 312 g/mol. The molecule has 1 N–H and O–H groups in total. The molecule has 1 aliphatic rings. The summed E-state index contributed by atoms with van der Waals surface area (Å²) in [6.07, 6.45) is 7.20. The van der Waals surface area contributed by atoms with Crippen molar-refractivity contribution in [3.8, 4) is 0 Å². The Morgan fingerprint density at radius 1 is 1.22 bits per heavy atom. The highest BCUT2D eigenvalue weighted by Crippen LogP contribution is 2.25. The van der Waals surface area contributed by atoms with Gasteiger partial charge in [-0.05, 0) is 25.0 Å². The van der Waals surface area contributed by atoms with Gasteiger partial charge in [-0.1, -0.05) is 0 Å². The Morgan fingerprint density at radius 3 is 2.57 bits per heavy atom. The van der Waals surface area contributed by atoms with Crippen LogP contribution in [0, 0.1) is 0 Å². The molecule has 1 fully saturated rings. The highest BCUT2D eigenvalue weighted by atomic mass is 16.1. The van der Waals surface area contributed by atoms with E-state index in [0.29, 0.717) is 23.0 Å². The summed E-state index contributed by atoms with van der Waals surface area (Å²) in [5.41, 5.74) is 1.15. The molecule has 2 aromatic heterocycles. The predicted molar refractivity (Wildman–Crippen MR) is 90.0 cm³/mol. The molecule has 1 amide bonds. The van der Waals surface area contributed by atoms with Crippen molar-refractivity contribution in [2.75, 3.05) is 42.3 Å². The molecular weight excluding hydrogens is 292 g/mol. The average Bonchev–Trinajstić information content (AvgIpc) is 3.10. The molecular formula is C16H20N6O. The number of carbonyl (C=O) groups is 1. The van der Waals surface area contributed by atoms with E-state index in [2.05, 4.69) is 25.2 Å². The maximum Gasteiger partial charge on any atom is 0.255 e. The van der Waals surface area contributed by atoms with Crippen LogP contribution < -0.4 is 15.1 Å². The number of hydrogen-bond donors (Lipinski definition) is 1. The molecule has 2 aromatic rings. The number of amides is 1. The summed E-state index contributed by atoms with van der Waals surface area (Å²) in [5, 5.41) is 2.87. The van der Waals surface area contributed by atoms with E-state index >= 15 is 0 Å². The molecule has 0 aliphatic carbocycles. The van der Waals surface area contributed by atoms with Gasteiger partial charge in [0.25, 0.3) is 5.91 Å². The maximum absolute atomic E-state index is 12.3. The van der Waals surface area contributed by atoms with Gasteiger partial charge < -0.3 is 15.1 Å². The Morgan fingerprint density at radius 2 is 1.91 bits per heavy atom. The van der Waals surface area contributed by atoms with Gasteiger partial charge in [-0.25, -0.2) is 4.98 Å². The Balaban J connectivity index is 1.85. The Labute approximate surface area is 135 Å². The van der Waals surface area contributed by atoms with Crippen molar-refractivity contribution in [1.82, 2.24) is 15.0 Å². The first-order valence-electron chi connectivity index (χ1n) is 7.66. The molecule has 7 heteroatoms. The third-order valence-electron chi connectivity index (χ3n) is 3.76. The number of aromatic nitrogens is 3. The van der Waals surface area contributed by atoms with E-state index in [1.165, 1.54) is 12.8 Å². The Hall–Kier alpha value is -2.70. The van der Waals surface area contributed by atoms with Gasteiger partial charge in [0, 0.05) is 45.1 Å². The monoisotopic (exact) mass is 312 g/mol. The third-order valence-corrected chi connectivity index (χ3v) is 3.76. The minimum Gasteiger partial charge on any atom is -0.361 e. The van der Waals surface area contributed by atoms with Crippen LogP contribution in [0.15, 0.2) is 30.7 Å². The van der Waals surface area contributed by atoms with Crippen molar-refractivity contribution in [1.29, 1.82) is 0 Å². The Kier molecular flexibility index (Phi) is 4.36. The van der Waals surface area contributed by atoms with Gasteiger partial charge in [-0.3, -0.25) is 9.78 Å². The smallest absolute Gasteiger partial charge is 0.255 e. The second-order valence-electron chi connectivity index (χ2n) is 5.69. The summed E-state index contributed by atoms with van der Waals surface area (Å²) in [6, 6.07) is 3.34. The summed E-state index contributed by atoms with van der Waals surface area (Å²) >= 11 is 0. The van der Waals surface area contributed by atoms with E-state index in [0.717, 1.165) is 13.1 Å². The van der Waals surface area contributed by atoms with Crippen LogP contribution in [0.3, 0.4) is 0 Å². The highest BCUT2D eigenvalue weighted by molar-refractivity contribution is 6.05. The zero-order valence-corrected chi connectivity index (χ0v) is 13.4. The van der Waals surface area contributed by atoms with Gasteiger partial charge in [0.2, 0.25) is 5.95 Å². The molecule has 0 aromatic carbocycles. The lowest BCUT2D eigenvalue weighted by Crippen LogP contribution is -2.23. The predicted octanol–water partition coefficient (Wildman–Crippen LogP) is 1.79. The van der Waals surface area contributed by atoms with Crippen LogP contribution >= 0.6 is 0 Å². The van der Waals surface area contributed by atoms with Gasteiger partial charge in [-0.15, -0.1) is 0 Å². The summed E-state index contributed by atoms with van der Waals surface area (Å²) in [7, 11) is 3.80. The molecule has 3 rings (SSSR count). The molecule has 0 radical (unpaired) electrons. The zero-order valence-electron chi connectivity index (χ0n) is 13.4. The van der Waals surface area contributed by atoms with E-state index < -0.39 is 0 Å². The van der Waals surface area contributed by atoms with Gasteiger partial charge in [0.15, 0.2) is 5.82 Å². The van der Waals surface area contributed by atoms with E-state index in [-0.39, 0.29) is 5.91 Å². The number of carbonyl (C=O) groups excluding carboxylic acids is 1. The van der Waals surface area contributed by atoms with Crippen molar-refractivity contribution in [3.63, 3.8) is 0 Å². The topological polar surface area (TPSA) is 74.2 Å². The fraction of sp³-hybridized carbons (Fsp3) is 0.375. The lowest BCUT2D eigenvalue weighted by atomic mass is 10.2. The van der Waals surface area contributed by atoms with E-state index in [1.807, 2.05) is 19.0 Å². The number of hydrogen-bond acceptors (Lipinski definition) is 6. The van der Waals surface area contributed by atoms with E-state index in [4.69, 9.17) is 0 Å². The standard InChI is InChI=1S/C16H20N6O/c1-21(2)14-13(19-15(23)12-5-7-17-8-6-12)11-18-16(20-14)22-9-3-4-10-22/h5-8,11H,3-4,9-10H2,1-2H3,(H,19,23). The fourth-order valence-corrected chi connectivity index (χ4v) is 2.56. The molecule has 0 unspecified atom stereocenters. The summed E-state index contributed by atoms with van der Waals surface area (Å²) in [5.74, 6) is 1.21. The molecule has 120 valence electrons. The number of rotatable bonds is 4. The minimum atomic E-state index is -0.201. The van der Waals surface area contributed by atoms with Crippen molar-refractivity contribution in [2.24, 2.45) is 0 Å². The zero-order chi connectivity index (χ0) is 16.2. The van der Waals surface area contributed by atoms with Crippen LogP contribution in [0.1, 0.15) is 23.2 Å². The van der Waals surface area contributed by atoms with E-state index in [9.17, 15) is 4.79 Å². The molecule has 0 atom stereocenters. The summed E-state index contributed by atoms with van der Waals surface area (Å²) < 4.78 is 0. The largest absolute Gasteiger partial charge is 0.361 e. The highest BCUT2D eigenvalue weighted by Gasteiger charge is 2.18. The first-order valence-corrected chi connectivity index (χ1v) is 7.66. The summed E-state index contributed by atoms with van der Waals surface area (Å²) in [6.45, 7) is 1.96. The van der Waals surface area contributed by atoms with Crippen molar-refractivity contribution < 1.29 is 4.79 Å². The van der Waals surface area contributed by atoms with Gasteiger partial charge in [0.1, 0.15) is 5.69 Å². The van der Waals surface area contributed by atoms with Crippen LogP contribution in [0.4, 0.5) is 17.5 Å². The van der Waals surface area contributed by atoms with Crippen LogP contribution in [0.2, 0.25) is 0 Å². The molecule has 0 bridgehead atoms. The second-order valence-corrected chi connectivity index (χ2v) is 5.69.